The first-order chi connectivity index (χ1) is 14.6. The van der Waals surface area contributed by atoms with E-state index in [1.54, 1.807) is 46.1 Å². The van der Waals surface area contributed by atoms with Gasteiger partial charge < -0.3 is 19.5 Å². The van der Waals surface area contributed by atoms with Crippen LogP contribution in [0.25, 0.3) is 0 Å². The molecule has 0 saturated carbocycles. The minimum atomic E-state index is -0.687. The van der Waals surface area contributed by atoms with Crippen LogP contribution in [0, 0.1) is 0 Å². The molecule has 166 valence electrons. The number of amides is 2. The second-order valence-corrected chi connectivity index (χ2v) is 7.81. The average Bonchev–Trinajstić information content (AvgIpc) is 2.70. The van der Waals surface area contributed by atoms with Crippen molar-refractivity contribution in [1.82, 2.24) is 5.32 Å². The Balaban J connectivity index is 1.90. The van der Waals surface area contributed by atoms with Crippen LogP contribution < -0.4 is 15.4 Å². The largest absolute Gasteiger partial charge is 0.496 e. The minimum absolute atomic E-state index is 0.194. The van der Waals surface area contributed by atoms with Crippen LogP contribution >= 0.6 is 0 Å². The van der Waals surface area contributed by atoms with Crippen LogP contribution in [0.3, 0.4) is 0 Å². The number of ether oxygens (including phenoxy) is 3. The number of para-hydroxylation sites is 1. The molecule has 0 saturated heterocycles. The molecular weight excluding hydrogens is 400 g/mol. The van der Waals surface area contributed by atoms with Crippen LogP contribution in [0.1, 0.15) is 49.7 Å². The van der Waals surface area contributed by atoms with Crippen molar-refractivity contribution in [3.63, 3.8) is 0 Å². The van der Waals surface area contributed by atoms with Crippen molar-refractivity contribution < 1.29 is 28.6 Å². The molecule has 8 nitrogen and oxygen atoms in total. The lowest BCUT2D eigenvalue weighted by atomic mass is 10.1. The Morgan fingerprint density at radius 2 is 1.74 bits per heavy atom. The molecule has 2 rings (SSSR count). The van der Waals surface area contributed by atoms with Crippen LogP contribution in [-0.2, 0) is 14.3 Å². The van der Waals surface area contributed by atoms with Crippen LogP contribution in [0.5, 0.6) is 5.75 Å². The van der Waals surface area contributed by atoms with Gasteiger partial charge >= 0.3 is 12.1 Å². The summed E-state index contributed by atoms with van der Waals surface area (Å²) in [7, 11) is 1.56. The van der Waals surface area contributed by atoms with Crippen LogP contribution in [-0.4, -0.2) is 37.3 Å². The Labute approximate surface area is 181 Å². The van der Waals surface area contributed by atoms with E-state index in [1.807, 2.05) is 25.1 Å². The zero-order chi connectivity index (χ0) is 23.0. The van der Waals surface area contributed by atoms with Crippen molar-refractivity contribution in [3.05, 3.63) is 59.7 Å². The Hall–Kier alpha value is -3.55. The average molecular weight is 428 g/mol. The summed E-state index contributed by atoms with van der Waals surface area (Å²) in [6.07, 6.45) is -0.636. The van der Waals surface area contributed by atoms with Crippen LogP contribution in [0.2, 0.25) is 0 Å². The molecule has 0 heterocycles. The number of nitrogens with one attached hydrogen (secondary N) is 2. The second kappa shape index (κ2) is 10.5. The predicted molar refractivity (Wildman–Crippen MR) is 116 cm³/mol. The fraction of sp³-hybridized carbons (Fsp3) is 0.348. The molecule has 1 atom stereocenters. The summed E-state index contributed by atoms with van der Waals surface area (Å²) >= 11 is 0. The zero-order valence-electron chi connectivity index (χ0n) is 18.4. The summed E-state index contributed by atoms with van der Waals surface area (Å²) in [5, 5.41) is 5.32. The van der Waals surface area contributed by atoms with E-state index < -0.39 is 30.2 Å². The van der Waals surface area contributed by atoms with Gasteiger partial charge in [-0.3, -0.25) is 10.1 Å². The summed E-state index contributed by atoms with van der Waals surface area (Å²) < 4.78 is 15.6. The number of esters is 1. The Kier molecular flexibility index (Phi) is 8.01. The molecule has 2 aromatic carbocycles. The molecule has 2 amide bonds. The number of benzene rings is 2. The van der Waals surface area contributed by atoms with Gasteiger partial charge in [0.25, 0.3) is 5.91 Å². The van der Waals surface area contributed by atoms with Gasteiger partial charge in [-0.1, -0.05) is 24.3 Å². The Morgan fingerprint density at radius 3 is 2.42 bits per heavy atom. The third-order valence-corrected chi connectivity index (χ3v) is 4.06. The number of hydrogen-bond acceptors (Lipinski definition) is 6. The van der Waals surface area contributed by atoms with Crippen LogP contribution in [0.15, 0.2) is 48.5 Å². The topological polar surface area (TPSA) is 103 Å². The van der Waals surface area contributed by atoms with Gasteiger partial charge in [-0.25, -0.2) is 9.59 Å². The molecule has 8 heteroatoms. The smallest absolute Gasteiger partial charge is 0.412 e. The molecule has 2 N–H and O–H groups in total. The summed E-state index contributed by atoms with van der Waals surface area (Å²) in [5.74, 6) is -0.482. The highest BCUT2D eigenvalue weighted by atomic mass is 16.6. The van der Waals surface area contributed by atoms with Crippen molar-refractivity contribution in [3.8, 4) is 5.75 Å². The van der Waals surface area contributed by atoms with Gasteiger partial charge in [-0.05, 0) is 52.0 Å². The van der Waals surface area contributed by atoms with E-state index in [0.717, 1.165) is 5.56 Å². The first-order valence-corrected chi connectivity index (χ1v) is 9.78. The van der Waals surface area contributed by atoms with E-state index >= 15 is 0 Å². The number of rotatable bonds is 7. The molecule has 0 aromatic heterocycles. The van der Waals surface area contributed by atoms with Crippen LogP contribution in [0.4, 0.5) is 10.5 Å². The van der Waals surface area contributed by atoms with E-state index in [0.29, 0.717) is 11.4 Å². The number of hydrogen-bond donors (Lipinski definition) is 2. The Bertz CT molecular complexity index is 936. The van der Waals surface area contributed by atoms with Gasteiger partial charge in [-0.2, -0.15) is 0 Å². The predicted octanol–water partition coefficient (Wildman–Crippen LogP) is 4.08. The van der Waals surface area contributed by atoms with Crippen molar-refractivity contribution in [1.29, 1.82) is 0 Å². The van der Waals surface area contributed by atoms with Gasteiger partial charge in [0.2, 0.25) is 0 Å². The Morgan fingerprint density at radius 1 is 1.03 bits per heavy atom. The first kappa shape index (κ1) is 23.7. The molecule has 0 aliphatic heterocycles. The third-order valence-electron chi connectivity index (χ3n) is 4.06. The molecule has 1 unspecified atom stereocenters. The number of anilines is 1. The molecule has 0 spiro atoms. The molecule has 0 bridgehead atoms. The van der Waals surface area contributed by atoms with E-state index in [2.05, 4.69) is 10.6 Å². The lowest BCUT2D eigenvalue weighted by Gasteiger charge is -2.19. The van der Waals surface area contributed by atoms with Crippen molar-refractivity contribution in [2.75, 3.05) is 19.0 Å². The van der Waals surface area contributed by atoms with Crippen molar-refractivity contribution in [2.24, 2.45) is 0 Å². The van der Waals surface area contributed by atoms with Gasteiger partial charge in [0.15, 0.2) is 6.61 Å². The normalized spacial score (nSPS) is 11.8. The molecule has 0 aliphatic rings. The summed E-state index contributed by atoms with van der Waals surface area (Å²) in [4.78, 5) is 36.4. The SMILES string of the molecule is COc1ccccc1C(C)NC(=O)COC(=O)c1cccc(NC(=O)OC(C)(C)C)c1. The molecule has 2 aromatic rings. The summed E-state index contributed by atoms with van der Waals surface area (Å²) in [6, 6.07) is 13.2. The van der Waals surface area contributed by atoms with Crippen molar-refractivity contribution >= 4 is 23.7 Å². The maximum Gasteiger partial charge on any atom is 0.412 e. The summed E-state index contributed by atoms with van der Waals surface area (Å²) in [6.45, 7) is 6.62. The maximum absolute atomic E-state index is 12.3. The molecule has 0 radical (unpaired) electrons. The molecule has 0 fully saturated rings. The lowest BCUT2D eigenvalue weighted by molar-refractivity contribution is -0.124. The number of carbonyl (C=O) groups is 3. The van der Waals surface area contributed by atoms with E-state index in [4.69, 9.17) is 14.2 Å². The standard InChI is InChI=1S/C23H28N2O6/c1-15(18-11-6-7-12-19(18)29-5)24-20(26)14-30-21(27)16-9-8-10-17(13-16)25-22(28)31-23(2,3)4/h6-13,15H,14H2,1-5H3,(H,24,26)(H,25,28). The first-order valence-electron chi connectivity index (χ1n) is 9.78. The third kappa shape index (κ3) is 7.65. The monoisotopic (exact) mass is 428 g/mol. The fourth-order valence-corrected chi connectivity index (χ4v) is 2.74. The second-order valence-electron chi connectivity index (χ2n) is 7.81. The van der Waals surface area contributed by atoms with Gasteiger partial charge in [0, 0.05) is 11.3 Å². The highest BCUT2D eigenvalue weighted by Gasteiger charge is 2.18. The highest BCUT2D eigenvalue weighted by molar-refractivity contribution is 5.93. The van der Waals surface area contributed by atoms with E-state index in [-0.39, 0.29) is 11.6 Å². The minimum Gasteiger partial charge on any atom is -0.496 e. The maximum atomic E-state index is 12.3. The highest BCUT2D eigenvalue weighted by Crippen LogP contribution is 2.24. The van der Waals surface area contributed by atoms with Gasteiger partial charge in [0.05, 0.1) is 18.7 Å². The molecule has 31 heavy (non-hydrogen) atoms. The fourth-order valence-electron chi connectivity index (χ4n) is 2.74. The van der Waals surface area contributed by atoms with Crippen molar-refractivity contribution in [2.45, 2.75) is 39.3 Å². The van der Waals surface area contributed by atoms with Gasteiger partial charge in [0.1, 0.15) is 11.4 Å². The molecule has 0 aliphatic carbocycles. The molecular formula is C23H28N2O6. The quantitative estimate of drug-likeness (QED) is 0.644. The summed E-state index contributed by atoms with van der Waals surface area (Å²) in [5.41, 5.74) is 0.734. The lowest BCUT2D eigenvalue weighted by Crippen LogP contribution is -2.31. The van der Waals surface area contributed by atoms with E-state index in [9.17, 15) is 14.4 Å². The number of methoxy groups -OCH3 is 1. The van der Waals surface area contributed by atoms with E-state index in [1.165, 1.54) is 12.1 Å². The van der Waals surface area contributed by atoms with Gasteiger partial charge in [-0.15, -0.1) is 0 Å². The number of carbonyl (C=O) groups excluding carboxylic acids is 3. The zero-order valence-corrected chi connectivity index (χ0v) is 18.4.